The van der Waals surface area contributed by atoms with Crippen molar-refractivity contribution in [1.29, 1.82) is 0 Å². The van der Waals surface area contributed by atoms with Crippen LogP contribution >= 0.6 is 0 Å². The number of ether oxygens (including phenoxy) is 2. The number of carbonyl (C=O) groups excluding carboxylic acids is 1. The van der Waals surface area contributed by atoms with Gasteiger partial charge in [0.15, 0.2) is 6.04 Å². The fourth-order valence-corrected chi connectivity index (χ4v) is 2.73. The Morgan fingerprint density at radius 1 is 1.40 bits per heavy atom. The molecule has 1 fully saturated rings. The maximum absolute atomic E-state index is 11.8. The number of aromatic nitrogens is 4. The van der Waals surface area contributed by atoms with Gasteiger partial charge in [0.1, 0.15) is 6.10 Å². The Labute approximate surface area is 146 Å². The normalized spacial score (nSPS) is 19.5. The molecular formula is C17H23N5O3. The van der Waals surface area contributed by atoms with Crippen LogP contribution < -0.4 is 0 Å². The van der Waals surface area contributed by atoms with Gasteiger partial charge in [0.05, 0.1) is 13.2 Å². The van der Waals surface area contributed by atoms with Gasteiger partial charge in [-0.2, -0.15) is 0 Å². The quantitative estimate of drug-likeness (QED) is 0.731. The molecule has 2 aromatic rings. The third-order valence-electron chi connectivity index (χ3n) is 4.11. The number of rotatable bonds is 6. The first-order valence-corrected chi connectivity index (χ1v) is 8.51. The molecule has 1 aliphatic heterocycles. The van der Waals surface area contributed by atoms with Crippen molar-refractivity contribution >= 4 is 5.97 Å². The summed E-state index contributed by atoms with van der Waals surface area (Å²) in [6.45, 7) is 6.79. The number of tetrazole rings is 1. The van der Waals surface area contributed by atoms with Gasteiger partial charge in [0, 0.05) is 19.6 Å². The summed E-state index contributed by atoms with van der Waals surface area (Å²) >= 11 is 0. The monoisotopic (exact) mass is 345 g/mol. The molecular weight excluding hydrogens is 322 g/mol. The maximum atomic E-state index is 11.8. The van der Waals surface area contributed by atoms with Crippen LogP contribution in [0.2, 0.25) is 0 Å². The number of hydrogen-bond donors (Lipinski definition) is 0. The van der Waals surface area contributed by atoms with E-state index in [-0.39, 0.29) is 12.1 Å². The Kier molecular flexibility index (Phi) is 5.72. The number of carbonyl (C=O) groups is 1. The molecule has 2 atom stereocenters. The van der Waals surface area contributed by atoms with Crippen LogP contribution in [0.5, 0.6) is 0 Å². The summed E-state index contributed by atoms with van der Waals surface area (Å²) in [5, 5.41) is 12.4. The predicted molar refractivity (Wildman–Crippen MR) is 89.6 cm³/mol. The van der Waals surface area contributed by atoms with Crippen LogP contribution in [0.25, 0.3) is 0 Å². The fourth-order valence-electron chi connectivity index (χ4n) is 2.73. The van der Waals surface area contributed by atoms with Crippen molar-refractivity contribution in [3.8, 4) is 0 Å². The molecule has 25 heavy (non-hydrogen) atoms. The van der Waals surface area contributed by atoms with Crippen LogP contribution in [-0.4, -0.2) is 57.4 Å². The Hall–Kier alpha value is -2.32. The SMILES string of the molecule is CCOC(=O)C(C)n1nnc(C2CN(Cc3ccccc3)CCO2)n1. The van der Waals surface area contributed by atoms with E-state index < -0.39 is 6.04 Å². The molecule has 0 bridgehead atoms. The van der Waals surface area contributed by atoms with Gasteiger partial charge >= 0.3 is 5.97 Å². The molecule has 8 nitrogen and oxygen atoms in total. The molecule has 0 amide bonds. The minimum Gasteiger partial charge on any atom is -0.464 e. The van der Waals surface area contributed by atoms with E-state index in [0.717, 1.165) is 13.1 Å². The summed E-state index contributed by atoms with van der Waals surface area (Å²) in [5.74, 6) is 0.121. The number of morpholine rings is 1. The Morgan fingerprint density at radius 3 is 2.96 bits per heavy atom. The molecule has 1 aromatic carbocycles. The number of esters is 1. The lowest BCUT2D eigenvalue weighted by Crippen LogP contribution is -2.38. The number of benzene rings is 1. The molecule has 3 rings (SSSR count). The van der Waals surface area contributed by atoms with Crippen LogP contribution in [0.15, 0.2) is 30.3 Å². The molecule has 1 aliphatic rings. The lowest BCUT2D eigenvalue weighted by molar-refractivity contribution is -0.147. The van der Waals surface area contributed by atoms with Crippen molar-refractivity contribution in [2.45, 2.75) is 32.5 Å². The van der Waals surface area contributed by atoms with Crippen molar-refractivity contribution in [1.82, 2.24) is 25.1 Å². The summed E-state index contributed by atoms with van der Waals surface area (Å²) in [6.07, 6.45) is -0.249. The van der Waals surface area contributed by atoms with Crippen LogP contribution in [0.4, 0.5) is 0 Å². The molecule has 2 heterocycles. The van der Waals surface area contributed by atoms with E-state index in [1.807, 2.05) is 18.2 Å². The molecule has 8 heteroatoms. The third kappa shape index (κ3) is 4.40. The van der Waals surface area contributed by atoms with E-state index in [9.17, 15) is 4.79 Å². The zero-order valence-electron chi connectivity index (χ0n) is 14.5. The van der Waals surface area contributed by atoms with E-state index in [4.69, 9.17) is 9.47 Å². The molecule has 2 unspecified atom stereocenters. The highest BCUT2D eigenvalue weighted by Crippen LogP contribution is 2.20. The predicted octanol–water partition coefficient (Wildman–Crippen LogP) is 1.37. The van der Waals surface area contributed by atoms with Gasteiger partial charge in [0.2, 0.25) is 5.82 Å². The van der Waals surface area contributed by atoms with Gasteiger partial charge in [0.25, 0.3) is 0 Å². The Bertz CT molecular complexity index is 691. The zero-order valence-corrected chi connectivity index (χ0v) is 14.5. The average Bonchev–Trinajstić information content (AvgIpc) is 3.12. The van der Waals surface area contributed by atoms with Crippen LogP contribution in [0, 0.1) is 0 Å². The first-order chi connectivity index (χ1) is 12.2. The van der Waals surface area contributed by atoms with Crippen LogP contribution in [0.3, 0.4) is 0 Å². The van der Waals surface area contributed by atoms with Crippen molar-refractivity contribution in [2.24, 2.45) is 0 Å². The summed E-state index contributed by atoms with van der Waals surface area (Å²) in [7, 11) is 0. The van der Waals surface area contributed by atoms with E-state index in [1.54, 1.807) is 13.8 Å². The Morgan fingerprint density at radius 2 is 2.20 bits per heavy atom. The molecule has 0 saturated carbocycles. The van der Waals surface area contributed by atoms with Gasteiger partial charge in [-0.1, -0.05) is 30.3 Å². The zero-order chi connectivity index (χ0) is 17.6. The highest BCUT2D eigenvalue weighted by Gasteiger charge is 2.27. The largest absolute Gasteiger partial charge is 0.464 e. The molecule has 1 aromatic heterocycles. The van der Waals surface area contributed by atoms with Crippen molar-refractivity contribution in [2.75, 3.05) is 26.3 Å². The standard InChI is InChI=1S/C17H23N5O3/c1-3-24-17(23)13(2)22-19-16(18-20-22)15-12-21(9-10-25-15)11-14-7-5-4-6-8-14/h4-8,13,15H,3,9-12H2,1-2H3. The number of nitrogens with zero attached hydrogens (tertiary/aromatic N) is 5. The van der Waals surface area contributed by atoms with Gasteiger partial charge in [-0.25, -0.2) is 4.79 Å². The van der Waals surface area contributed by atoms with E-state index in [2.05, 4.69) is 32.4 Å². The van der Waals surface area contributed by atoms with Crippen molar-refractivity contribution in [3.05, 3.63) is 41.7 Å². The molecule has 0 spiro atoms. The average molecular weight is 345 g/mol. The lowest BCUT2D eigenvalue weighted by atomic mass is 10.2. The maximum Gasteiger partial charge on any atom is 0.332 e. The second kappa shape index (κ2) is 8.17. The summed E-state index contributed by atoms with van der Waals surface area (Å²) < 4.78 is 10.8. The van der Waals surface area contributed by atoms with Crippen molar-refractivity contribution in [3.63, 3.8) is 0 Å². The number of hydrogen-bond acceptors (Lipinski definition) is 7. The molecule has 0 N–H and O–H groups in total. The van der Waals surface area contributed by atoms with Gasteiger partial charge in [-0.05, 0) is 24.6 Å². The van der Waals surface area contributed by atoms with E-state index in [0.29, 0.717) is 25.6 Å². The summed E-state index contributed by atoms with van der Waals surface area (Å²) in [4.78, 5) is 15.4. The smallest absolute Gasteiger partial charge is 0.332 e. The van der Waals surface area contributed by atoms with Crippen molar-refractivity contribution < 1.29 is 14.3 Å². The van der Waals surface area contributed by atoms with Gasteiger partial charge in [-0.3, -0.25) is 4.90 Å². The molecule has 0 aliphatic carbocycles. The molecule has 1 saturated heterocycles. The Balaban J connectivity index is 1.63. The minimum atomic E-state index is -0.606. The first kappa shape index (κ1) is 17.5. The van der Waals surface area contributed by atoms with Gasteiger partial charge < -0.3 is 9.47 Å². The fraction of sp³-hybridized carbons (Fsp3) is 0.529. The molecule has 0 radical (unpaired) electrons. The highest BCUT2D eigenvalue weighted by atomic mass is 16.5. The van der Waals surface area contributed by atoms with Crippen LogP contribution in [0.1, 0.15) is 37.4 Å². The molecule has 134 valence electrons. The topological polar surface area (TPSA) is 82.4 Å². The second-order valence-electron chi connectivity index (χ2n) is 5.98. The minimum absolute atomic E-state index is 0.249. The first-order valence-electron chi connectivity index (χ1n) is 8.51. The summed E-state index contributed by atoms with van der Waals surface area (Å²) in [6, 6.07) is 9.71. The lowest BCUT2D eigenvalue weighted by Gasteiger charge is -2.31. The highest BCUT2D eigenvalue weighted by molar-refractivity contribution is 5.73. The van der Waals surface area contributed by atoms with E-state index >= 15 is 0 Å². The second-order valence-corrected chi connectivity index (χ2v) is 5.98. The summed E-state index contributed by atoms with van der Waals surface area (Å²) in [5.41, 5.74) is 1.26. The third-order valence-corrected chi connectivity index (χ3v) is 4.11. The van der Waals surface area contributed by atoms with Crippen LogP contribution in [-0.2, 0) is 20.8 Å². The van der Waals surface area contributed by atoms with E-state index in [1.165, 1.54) is 10.4 Å². The van der Waals surface area contributed by atoms with Gasteiger partial charge in [-0.15, -0.1) is 15.0 Å².